The Morgan fingerprint density at radius 1 is 1.37 bits per heavy atom. The van der Waals surface area contributed by atoms with Crippen LogP contribution in [0.5, 0.6) is 0 Å². The Balaban J connectivity index is 2.34. The molecule has 6 heteroatoms. The molecule has 0 aromatic carbocycles. The lowest BCUT2D eigenvalue weighted by Gasteiger charge is -2.45. The van der Waals surface area contributed by atoms with Crippen LogP contribution in [-0.2, 0) is 0 Å². The fraction of sp³-hybridized carbons (Fsp3) is 0.769. The molecular weight excluding hydrogens is 244 g/mol. The Labute approximate surface area is 113 Å². The molecule has 0 radical (unpaired) electrons. The number of aromatic nitrogens is 2. The molecule has 0 bridgehead atoms. The first-order chi connectivity index (χ1) is 8.61. The molecule has 1 aliphatic rings. The summed E-state index contributed by atoms with van der Waals surface area (Å²) in [7, 11) is 0. The fourth-order valence-electron chi connectivity index (χ4n) is 3.75. The van der Waals surface area contributed by atoms with Gasteiger partial charge in [0.15, 0.2) is 0 Å². The third-order valence-electron chi connectivity index (χ3n) is 3.89. The molecule has 106 valence electrons. The molecular formula is C13H22N4O2. The number of nitrogen functional groups attached to an aromatic ring is 1. The first kappa shape index (κ1) is 13.8. The van der Waals surface area contributed by atoms with Crippen LogP contribution in [0.1, 0.15) is 53.0 Å². The van der Waals surface area contributed by atoms with Gasteiger partial charge >= 0.3 is 5.69 Å². The largest absolute Gasteiger partial charge is 0.378 e. The fourth-order valence-corrected chi connectivity index (χ4v) is 3.75. The average molecular weight is 266 g/mol. The highest BCUT2D eigenvalue weighted by atomic mass is 16.6. The second kappa shape index (κ2) is 4.21. The molecule has 2 rings (SSSR count). The topological polar surface area (TPSA) is 87.0 Å². The molecule has 1 aromatic rings. The third kappa shape index (κ3) is 2.72. The molecule has 0 saturated heterocycles. The Kier molecular flexibility index (Phi) is 3.07. The van der Waals surface area contributed by atoms with Crippen molar-refractivity contribution >= 4 is 11.5 Å². The number of nitro groups is 1. The van der Waals surface area contributed by atoms with Crippen molar-refractivity contribution in [3.05, 3.63) is 16.3 Å². The van der Waals surface area contributed by atoms with Gasteiger partial charge in [0.25, 0.3) is 0 Å². The SMILES string of the molecule is CC1(C)CC(n2ncc([N+](=O)[O-])c2N)CC(C)(C)C1. The van der Waals surface area contributed by atoms with Crippen LogP contribution in [0.25, 0.3) is 0 Å². The van der Waals surface area contributed by atoms with Crippen LogP contribution in [-0.4, -0.2) is 14.7 Å². The van der Waals surface area contributed by atoms with Crippen LogP contribution in [0.3, 0.4) is 0 Å². The molecule has 1 heterocycles. The zero-order chi connectivity index (χ0) is 14.4. The Morgan fingerprint density at radius 2 is 1.89 bits per heavy atom. The summed E-state index contributed by atoms with van der Waals surface area (Å²) in [6, 6.07) is 0.132. The van der Waals surface area contributed by atoms with Gasteiger partial charge in [-0.2, -0.15) is 5.10 Å². The second-order valence-corrected chi connectivity index (χ2v) is 7.18. The van der Waals surface area contributed by atoms with Gasteiger partial charge < -0.3 is 5.73 Å². The maximum Gasteiger partial charge on any atom is 0.330 e. The van der Waals surface area contributed by atoms with Gasteiger partial charge in [-0.3, -0.25) is 10.1 Å². The number of nitrogens with two attached hydrogens (primary N) is 1. The van der Waals surface area contributed by atoms with E-state index in [9.17, 15) is 10.1 Å². The third-order valence-corrected chi connectivity index (χ3v) is 3.89. The van der Waals surface area contributed by atoms with E-state index in [1.807, 2.05) is 0 Å². The highest BCUT2D eigenvalue weighted by molar-refractivity contribution is 5.51. The molecule has 1 saturated carbocycles. The first-order valence-corrected chi connectivity index (χ1v) is 6.59. The molecule has 0 atom stereocenters. The number of nitrogens with zero attached hydrogens (tertiary/aromatic N) is 3. The van der Waals surface area contributed by atoms with Crippen molar-refractivity contribution in [2.24, 2.45) is 10.8 Å². The lowest BCUT2D eigenvalue weighted by atomic mass is 9.63. The van der Waals surface area contributed by atoms with Crippen molar-refractivity contribution < 1.29 is 4.92 Å². The normalized spacial score (nSPS) is 22.3. The maximum atomic E-state index is 10.8. The van der Waals surface area contributed by atoms with Crippen LogP contribution in [0.2, 0.25) is 0 Å². The molecule has 0 amide bonds. The number of hydrogen-bond acceptors (Lipinski definition) is 4. The van der Waals surface area contributed by atoms with Crippen molar-refractivity contribution in [1.29, 1.82) is 0 Å². The van der Waals surface area contributed by atoms with E-state index in [-0.39, 0.29) is 28.4 Å². The van der Waals surface area contributed by atoms with E-state index in [1.54, 1.807) is 4.68 Å². The first-order valence-electron chi connectivity index (χ1n) is 6.59. The minimum absolute atomic E-state index is 0.0961. The van der Waals surface area contributed by atoms with E-state index in [0.717, 1.165) is 19.3 Å². The van der Waals surface area contributed by atoms with Gasteiger partial charge in [-0.05, 0) is 30.1 Å². The van der Waals surface area contributed by atoms with Crippen molar-refractivity contribution in [2.75, 3.05) is 5.73 Å². The molecule has 1 aliphatic carbocycles. The Bertz CT molecular complexity index is 489. The van der Waals surface area contributed by atoms with E-state index in [4.69, 9.17) is 5.73 Å². The van der Waals surface area contributed by atoms with Gasteiger partial charge in [0.05, 0.1) is 11.0 Å². The maximum absolute atomic E-state index is 10.8. The summed E-state index contributed by atoms with van der Waals surface area (Å²) in [6.45, 7) is 8.92. The highest BCUT2D eigenvalue weighted by Gasteiger charge is 2.40. The smallest absolute Gasteiger partial charge is 0.330 e. The Hall–Kier alpha value is -1.59. The average Bonchev–Trinajstić information content (AvgIpc) is 2.54. The molecule has 1 aromatic heterocycles. The molecule has 6 nitrogen and oxygen atoms in total. The summed E-state index contributed by atoms with van der Waals surface area (Å²) in [5.41, 5.74) is 6.16. The summed E-state index contributed by atoms with van der Waals surface area (Å²) in [6.07, 6.45) is 4.28. The second-order valence-electron chi connectivity index (χ2n) is 7.18. The van der Waals surface area contributed by atoms with Crippen molar-refractivity contribution in [3.63, 3.8) is 0 Å². The number of rotatable bonds is 2. The molecule has 0 spiro atoms. The van der Waals surface area contributed by atoms with Crippen LogP contribution in [0, 0.1) is 20.9 Å². The van der Waals surface area contributed by atoms with Crippen LogP contribution in [0.4, 0.5) is 11.5 Å². The number of anilines is 1. The van der Waals surface area contributed by atoms with Gasteiger partial charge in [-0.25, -0.2) is 4.68 Å². The van der Waals surface area contributed by atoms with Crippen LogP contribution in [0.15, 0.2) is 6.20 Å². The van der Waals surface area contributed by atoms with E-state index >= 15 is 0 Å². The lowest BCUT2D eigenvalue weighted by molar-refractivity contribution is -0.384. The summed E-state index contributed by atoms with van der Waals surface area (Å²) in [4.78, 5) is 10.4. The van der Waals surface area contributed by atoms with E-state index in [1.165, 1.54) is 6.20 Å². The highest BCUT2D eigenvalue weighted by Crippen LogP contribution is 2.50. The molecule has 2 N–H and O–H groups in total. The van der Waals surface area contributed by atoms with Gasteiger partial charge in [0, 0.05) is 0 Å². The zero-order valence-corrected chi connectivity index (χ0v) is 12.0. The molecule has 19 heavy (non-hydrogen) atoms. The lowest BCUT2D eigenvalue weighted by Crippen LogP contribution is -2.35. The predicted molar refractivity (Wildman–Crippen MR) is 73.7 cm³/mol. The van der Waals surface area contributed by atoms with Crippen molar-refractivity contribution in [2.45, 2.75) is 53.0 Å². The van der Waals surface area contributed by atoms with Crippen LogP contribution < -0.4 is 5.73 Å². The van der Waals surface area contributed by atoms with Crippen molar-refractivity contribution in [3.8, 4) is 0 Å². The Morgan fingerprint density at radius 3 is 2.32 bits per heavy atom. The summed E-state index contributed by atoms with van der Waals surface area (Å²) >= 11 is 0. The van der Waals surface area contributed by atoms with Gasteiger partial charge in [-0.1, -0.05) is 27.7 Å². The van der Waals surface area contributed by atoms with E-state index in [2.05, 4.69) is 32.8 Å². The summed E-state index contributed by atoms with van der Waals surface area (Å²) in [5.74, 6) is 0.170. The summed E-state index contributed by atoms with van der Waals surface area (Å²) in [5, 5.41) is 15.0. The standard InChI is InChI=1S/C13H22N4O2/c1-12(2)5-9(6-13(3,4)8-12)16-11(14)10(7-15-16)17(18)19/h7,9H,5-6,8,14H2,1-4H3. The van der Waals surface area contributed by atoms with Gasteiger partial charge in [0.2, 0.25) is 5.82 Å². The molecule has 0 aliphatic heterocycles. The molecule has 1 fully saturated rings. The molecule has 0 unspecified atom stereocenters. The zero-order valence-electron chi connectivity index (χ0n) is 12.0. The van der Waals surface area contributed by atoms with E-state index in [0.29, 0.717) is 0 Å². The van der Waals surface area contributed by atoms with Crippen LogP contribution >= 0.6 is 0 Å². The van der Waals surface area contributed by atoms with Crippen molar-refractivity contribution in [1.82, 2.24) is 9.78 Å². The minimum Gasteiger partial charge on any atom is -0.378 e. The minimum atomic E-state index is -0.474. The number of hydrogen-bond donors (Lipinski definition) is 1. The quantitative estimate of drug-likeness (QED) is 0.658. The van der Waals surface area contributed by atoms with E-state index < -0.39 is 4.92 Å². The predicted octanol–water partition coefficient (Wildman–Crippen LogP) is 3.15. The summed E-state index contributed by atoms with van der Waals surface area (Å²) < 4.78 is 1.64. The monoisotopic (exact) mass is 266 g/mol. The van der Waals surface area contributed by atoms with Gasteiger partial charge in [-0.15, -0.1) is 0 Å². The van der Waals surface area contributed by atoms with Gasteiger partial charge in [0.1, 0.15) is 6.20 Å².